The van der Waals surface area contributed by atoms with E-state index in [0.717, 1.165) is 5.56 Å². The van der Waals surface area contributed by atoms with Crippen LogP contribution in [0.15, 0.2) is 59.5 Å². The van der Waals surface area contributed by atoms with Crippen LogP contribution in [-0.2, 0) is 24.3 Å². The van der Waals surface area contributed by atoms with Gasteiger partial charge in [0.25, 0.3) is 5.91 Å². The van der Waals surface area contributed by atoms with Gasteiger partial charge in [0.05, 0.1) is 16.9 Å². The molecule has 1 fully saturated rings. The zero-order valence-corrected chi connectivity index (χ0v) is 18.6. The van der Waals surface area contributed by atoms with Crippen molar-refractivity contribution in [1.29, 1.82) is 5.26 Å². The number of amides is 1. The molecule has 0 radical (unpaired) electrons. The summed E-state index contributed by atoms with van der Waals surface area (Å²) in [4.78, 5) is 26.4. The molecule has 2 aromatic carbocycles. The Morgan fingerprint density at radius 3 is 2.31 bits per heavy atom. The molecule has 1 saturated heterocycles. The van der Waals surface area contributed by atoms with Gasteiger partial charge in [-0.05, 0) is 44.0 Å². The minimum Gasteiger partial charge on any atom is -0.455 e. The van der Waals surface area contributed by atoms with Crippen LogP contribution in [0.1, 0.15) is 18.4 Å². The molecule has 1 aliphatic rings. The lowest BCUT2D eigenvalue weighted by atomic mass is 9.98. The van der Waals surface area contributed by atoms with E-state index in [4.69, 9.17) is 10.00 Å². The monoisotopic (exact) mass is 455 g/mol. The number of carbonyl (C=O) groups excluding carboxylic acids is 2. The van der Waals surface area contributed by atoms with Gasteiger partial charge in [-0.3, -0.25) is 14.5 Å². The third-order valence-electron chi connectivity index (χ3n) is 5.38. The van der Waals surface area contributed by atoms with Crippen molar-refractivity contribution in [1.82, 2.24) is 4.31 Å². The summed E-state index contributed by atoms with van der Waals surface area (Å²) in [5, 5.41) is 9.01. The van der Waals surface area contributed by atoms with E-state index in [1.807, 2.05) is 13.0 Å². The van der Waals surface area contributed by atoms with Gasteiger partial charge < -0.3 is 4.74 Å². The Morgan fingerprint density at radius 1 is 1.09 bits per heavy atom. The Kier molecular flexibility index (Phi) is 7.62. The van der Waals surface area contributed by atoms with Crippen LogP contribution in [0.2, 0.25) is 0 Å². The van der Waals surface area contributed by atoms with Crippen molar-refractivity contribution >= 4 is 27.6 Å². The largest absolute Gasteiger partial charge is 0.455 e. The Balaban J connectivity index is 1.53. The SMILES string of the molecule is Cc1ccc(S(=O)(=O)N2CCC(C(=O)OCC(=O)N(CC#N)c3ccccc3)CC2)cc1. The lowest BCUT2D eigenvalue weighted by molar-refractivity contribution is -0.153. The van der Waals surface area contributed by atoms with E-state index in [0.29, 0.717) is 18.5 Å². The highest BCUT2D eigenvalue weighted by Crippen LogP contribution is 2.25. The second kappa shape index (κ2) is 10.4. The number of nitrogens with zero attached hydrogens (tertiary/aromatic N) is 3. The number of piperidine rings is 1. The van der Waals surface area contributed by atoms with Crippen molar-refractivity contribution in [2.45, 2.75) is 24.7 Å². The van der Waals surface area contributed by atoms with Crippen molar-refractivity contribution in [2.24, 2.45) is 5.92 Å². The molecule has 1 aliphatic heterocycles. The van der Waals surface area contributed by atoms with Gasteiger partial charge in [0.2, 0.25) is 10.0 Å². The van der Waals surface area contributed by atoms with Crippen LogP contribution in [0.5, 0.6) is 0 Å². The molecule has 0 atom stereocenters. The van der Waals surface area contributed by atoms with Crippen LogP contribution in [0.3, 0.4) is 0 Å². The molecule has 2 aromatic rings. The number of sulfonamides is 1. The fraction of sp³-hybridized carbons (Fsp3) is 0.348. The lowest BCUT2D eigenvalue weighted by Gasteiger charge is -2.30. The van der Waals surface area contributed by atoms with Gasteiger partial charge >= 0.3 is 5.97 Å². The molecule has 32 heavy (non-hydrogen) atoms. The molecule has 0 aliphatic carbocycles. The molecule has 3 rings (SSSR count). The van der Waals surface area contributed by atoms with E-state index in [1.165, 1.54) is 9.21 Å². The summed E-state index contributed by atoms with van der Waals surface area (Å²) in [6.07, 6.45) is 0.636. The summed E-state index contributed by atoms with van der Waals surface area (Å²) in [6, 6.07) is 17.3. The quantitative estimate of drug-likeness (QED) is 0.469. The number of anilines is 1. The first-order valence-corrected chi connectivity index (χ1v) is 11.7. The number of para-hydroxylation sites is 1. The number of hydrogen-bond acceptors (Lipinski definition) is 6. The zero-order chi connectivity index (χ0) is 23.1. The van der Waals surface area contributed by atoms with E-state index in [1.54, 1.807) is 54.6 Å². The van der Waals surface area contributed by atoms with E-state index >= 15 is 0 Å². The van der Waals surface area contributed by atoms with Crippen LogP contribution in [-0.4, -0.2) is 50.8 Å². The molecule has 0 spiro atoms. The van der Waals surface area contributed by atoms with Crippen LogP contribution in [0.25, 0.3) is 0 Å². The molecule has 8 nitrogen and oxygen atoms in total. The topological polar surface area (TPSA) is 108 Å². The zero-order valence-electron chi connectivity index (χ0n) is 17.8. The maximum absolute atomic E-state index is 12.8. The summed E-state index contributed by atoms with van der Waals surface area (Å²) in [6.45, 7) is 1.66. The predicted molar refractivity (Wildman–Crippen MR) is 118 cm³/mol. The first kappa shape index (κ1) is 23.4. The van der Waals surface area contributed by atoms with E-state index in [9.17, 15) is 18.0 Å². The first-order chi connectivity index (χ1) is 15.3. The summed E-state index contributed by atoms with van der Waals surface area (Å²) >= 11 is 0. The minimum absolute atomic E-state index is 0.157. The Hall–Kier alpha value is -3.22. The summed E-state index contributed by atoms with van der Waals surface area (Å²) < 4.78 is 32.2. The van der Waals surface area contributed by atoms with Crippen molar-refractivity contribution in [2.75, 3.05) is 31.1 Å². The molecule has 9 heteroatoms. The number of hydrogen-bond donors (Lipinski definition) is 0. The number of nitriles is 1. The van der Waals surface area contributed by atoms with Gasteiger partial charge in [-0.2, -0.15) is 9.57 Å². The number of ether oxygens (including phenoxy) is 1. The molecular weight excluding hydrogens is 430 g/mol. The highest BCUT2D eigenvalue weighted by atomic mass is 32.2. The maximum atomic E-state index is 12.8. The predicted octanol–water partition coefficient (Wildman–Crippen LogP) is 2.50. The standard InChI is InChI=1S/C23H25N3O5S/c1-18-7-9-21(10-8-18)32(29,30)25-14-11-19(12-15-25)23(28)31-17-22(27)26(16-13-24)20-5-3-2-4-6-20/h2-10,19H,11-12,14-17H2,1H3. The van der Waals surface area contributed by atoms with Crippen LogP contribution in [0, 0.1) is 24.2 Å². The summed E-state index contributed by atoms with van der Waals surface area (Å²) in [5.74, 6) is -1.51. The van der Waals surface area contributed by atoms with Gasteiger partial charge in [-0.25, -0.2) is 8.42 Å². The lowest BCUT2D eigenvalue weighted by Crippen LogP contribution is -2.41. The first-order valence-electron chi connectivity index (χ1n) is 10.3. The molecular formula is C23H25N3O5S. The number of benzene rings is 2. The normalized spacial score (nSPS) is 15.0. The molecule has 168 valence electrons. The number of aryl methyl sites for hydroxylation is 1. The van der Waals surface area contributed by atoms with Crippen molar-refractivity contribution in [3.8, 4) is 6.07 Å². The molecule has 0 N–H and O–H groups in total. The second-order valence-electron chi connectivity index (χ2n) is 7.57. The summed E-state index contributed by atoms with van der Waals surface area (Å²) in [5.41, 5.74) is 1.52. The molecule has 1 heterocycles. The maximum Gasteiger partial charge on any atom is 0.309 e. The Labute approximate surface area is 188 Å². The van der Waals surface area contributed by atoms with E-state index in [2.05, 4.69) is 0 Å². The summed E-state index contributed by atoms with van der Waals surface area (Å²) in [7, 11) is -3.61. The molecule has 0 saturated carbocycles. The smallest absolute Gasteiger partial charge is 0.309 e. The fourth-order valence-electron chi connectivity index (χ4n) is 3.52. The van der Waals surface area contributed by atoms with Crippen molar-refractivity contribution < 1.29 is 22.7 Å². The van der Waals surface area contributed by atoms with Crippen LogP contribution >= 0.6 is 0 Å². The average Bonchev–Trinajstić information content (AvgIpc) is 2.81. The van der Waals surface area contributed by atoms with Crippen LogP contribution in [0.4, 0.5) is 5.69 Å². The Bertz CT molecular complexity index is 1090. The number of esters is 1. The Morgan fingerprint density at radius 2 is 1.72 bits per heavy atom. The van der Waals surface area contributed by atoms with E-state index in [-0.39, 0.29) is 24.5 Å². The van der Waals surface area contributed by atoms with E-state index < -0.39 is 34.4 Å². The molecule has 0 unspecified atom stereocenters. The highest BCUT2D eigenvalue weighted by molar-refractivity contribution is 7.89. The van der Waals surface area contributed by atoms with Crippen LogP contribution < -0.4 is 4.90 Å². The second-order valence-corrected chi connectivity index (χ2v) is 9.51. The third-order valence-corrected chi connectivity index (χ3v) is 7.29. The van der Waals surface area contributed by atoms with Gasteiger partial charge in [-0.15, -0.1) is 0 Å². The van der Waals surface area contributed by atoms with Gasteiger partial charge in [0, 0.05) is 18.8 Å². The van der Waals surface area contributed by atoms with Crippen molar-refractivity contribution in [3.63, 3.8) is 0 Å². The van der Waals surface area contributed by atoms with Gasteiger partial charge in [-0.1, -0.05) is 35.9 Å². The van der Waals surface area contributed by atoms with Gasteiger partial charge in [0.1, 0.15) is 6.54 Å². The number of carbonyl (C=O) groups is 2. The molecule has 0 bridgehead atoms. The molecule has 0 aromatic heterocycles. The minimum atomic E-state index is -3.61. The van der Waals surface area contributed by atoms with Gasteiger partial charge in [0.15, 0.2) is 6.61 Å². The number of rotatable bonds is 7. The highest BCUT2D eigenvalue weighted by Gasteiger charge is 2.33. The average molecular weight is 456 g/mol. The van der Waals surface area contributed by atoms with Crippen molar-refractivity contribution in [3.05, 3.63) is 60.2 Å². The third kappa shape index (κ3) is 5.52. The molecule has 1 amide bonds. The fourth-order valence-corrected chi connectivity index (χ4v) is 4.99.